The van der Waals surface area contributed by atoms with Crippen LogP contribution >= 0.6 is 0 Å². The first kappa shape index (κ1) is 14.4. The van der Waals surface area contributed by atoms with Gasteiger partial charge in [0, 0.05) is 5.92 Å². The molecule has 0 rings (SSSR count). The zero-order chi connectivity index (χ0) is 12.3. The summed E-state index contributed by atoms with van der Waals surface area (Å²) in [6, 6.07) is 0. The standard InChI is InChI=1S/C12H22O2Si/c1-10(8-7-9-13)12(14,15(5)6)11(2,3)4/h9-10,14-15H,1-6H3. The topological polar surface area (TPSA) is 37.3 Å². The van der Waals surface area contributed by atoms with Gasteiger partial charge < -0.3 is 5.11 Å². The van der Waals surface area contributed by atoms with Crippen molar-refractivity contribution in [2.24, 2.45) is 11.3 Å². The number of hydrogen-bond acceptors (Lipinski definition) is 2. The molecule has 0 aromatic rings. The molecule has 86 valence electrons. The number of carbonyl (C=O) groups excluding carboxylic acids is 1. The molecule has 2 nitrogen and oxygen atoms in total. The molecule has 15 heavy (non-hydrogen) atoms. The second kappa shape index (κ2) is 4.96. The van der Waals surface area contributed by atoms with E-state index in [0.29, 0.717) is 6.29 Å². The molecule has 0 spiro atoms. The maximum atomic E-state index is 10.8. The van der Waals surface area contributed by atoms with E-state index in [4.69, 9.17) is 0 Å². The van der Waals surface area contributed by atoms with Gasteiger partial charge in [0.25, 0.3) is 0 Å². The molecule has 3 heteroatoms. The Kier molecular flexibility index (Phi) is 4.76. The number of hydrogen-bond donors (Lipinski definition) is 1. The van der Waals surface area contributed by atoms with Crippen LogP contribution in [0, 0.1) is 23.2 Å². The van der Waals surface area contributed by atoms with Crippen LogP contribution in [0.25, 0.3) is 0 Å². The third-order valence-electron chi connectivity index (χ3n) is 3.10. The van der Waals surface area contributed by atoms with Crippen molar-refractivity contribution in [3.05, 3.63) is 0 Å². The fourth-order valence-corrected chi connectivity index (χ4v) is 5.10. The smallest absolute Gasteiger partial charge is 0.192 e. The zero-order valence-corrected chi connectivity index (χ0v) is 11.7. The molecule has 0 saturated heterocycles. The fourth-order valence-electron chi connectivity index (χ4n) is 2.28. The van der Waals surface area contributed by atoms with Crippen molar-refractivity contribution in [2.45, 2.75) is 46.0 Å². The molecular weight excluding hydrogens is 204 g/mol. The van der Waals surface area contributed by atoms with Crippen molar-refractivity contribution in [1.29, 1.82) is 0 Å². The van der Waals surface area contributed by atoms with Crippen LogP contribution in [0.4, 0.5) is 0 Å². The summed E-state index contributed by atoms with van der Waals surface area (Å²) in [5.74, 6) is 5.08. The van der Waals surface area contributed by atoms with Gasteiger partial charge in [-0.05, 0) is 18.3 Å². The Morgan fingerprint density at radius 2 is 1.80 bits per heavy atom. The summed E-state index contributed by atoms with van der Waals surface area (Å²) < 4.78 is 0. The molecule has 0 aliphatic rings. The minimum atomic E-state index is -1.29. The van der Waals surface area contributed by atoms with E-state index in [0.717, 1.165) is 0 Å². The first-order valence-electron chi connectivity index (χ1n) is 5.35. The number of aldehydes is 1. The molecule has 0 bridgehead atoms. The first-order chi connectivity index (χ1) is 6.67. The van der Waals surface area contributed by atoms with Gasteiger partial charge >= 0.3 is 0 Å². The molecule has 1 N–H and O–H groups in total. The van der Waals surface area contributed by atoms with Crippen LogP contribution in [-0.4, -0.2) is 25.4 Å². The summed E-state index contributed by atoms with van der Waals surface area (Å²) in [5.41, 5.74) is -0.204. The molecule has 2 atom stereocenters. The van der Waals surface area contributed by atoms with Crippen LogP contribution in [0.2, 0.25) is 13.1 Å². The van der Waals surface area contributed by atoms with Crippen LogP contribution in [0.5, 0.6) is 0 Å². The summed E-state index contributed by atoms with van der Waals surface area (Å²) in [6.45, 7) is 12.2. The highest BCUT2D eigenvalue weighted by Gasteiger charge is 2.46. The lowest BCUT2D eigenvalue weighted by molar-refractivity contribution is -0.103. The Hall–Kier alpha value is -0.593. The summed E-state index contributed by atoms with van der Waals surface area (Å²) >= 11 is 0. The van der Waals surface area contributed by atoms with E-state index in [1.54, 1.807) is 0 Å². The Balaban J connectivity index is 5.22. The molecule has 0 aliphatic heterocycles. The molecule has 0 fully saturated rings. The van der Waals surface area contributed by atoms with Crippen LogP contribution in [0.3, 0.4) is 0 Å². The molecule has 0 aromatic carbocycles. The van der Waals surface area contributed by atoms with E-state index >= 15 is 0 Å². The SMILES string of the molecule is CC(C#CC=O)C(O)([SiH](C)C)C(C)(C)C. The second-order valence-electron chi connectivity index (χ2n) is 5.36. The third-order valence-corrected chi connectivity index (χ3v) is 6.23. The lowest BCUT2D eigenvalue weighted by Crippen LogP contribution is -2.57. The Morgan fingerprint density at radius 3 is 2.07 bits per heavy atom. The average molecular weight is 226 g/mol. The van der Waals surface area contributed by atoms with Gasteiger partial charge in [-0.25, -0.2) is 0 Å². The van der Waals surface area contributed by atoms with Crippen LogP contribution < -0.4 is 0 Å². The Labute approximate surface area is 94.7 Å². The number of aliphatic hydroxyl groups is 1. The van der Waals surface area contributed by atoms with E-state index in [9.17, 15) is 9.90 Å². The Bertz CT molecular complexity index is 280. The Morgan fingerprint density at radius 1 is 1.33 bits per heavy atom. The maximum Gasteiger partial charge on any atom is 0.192 e. The predicted molar refractivity (Wildman–Crippen MR) is 66.3 cm³/mol. The highest BCUT2D eigenvalue weighted by atomic mass is 28.3. The maximum absolute atomic E-state index is 10.8. The first-order valence-corrected chi connectivity index (χ1v) is 8.23. The summed E-state index contributed by atoms with van der Waals surface area (Å²) in [5, 5.41) is 10.0. The second-order valence-corrected chi connectivity index (χ2v) is 8.55. The van der Waals surface area contributed by atoms with Gasteiger partial charge in [-0.15, -0.1) is 0 Å². The lowest BCUT2D eigenvalue weighted by atomic mass is 9.81. The monoisotopic (exact) mass is 226 g/mol. The van der Waals surface area contributed by atoms with Gasteiger partial charge in [-0.2, -0.15) is 0 Å². The summed E-state index contributed by atoms with van der Waals surface area (Å²) in [4.78, 5) is 10.2. The van der Waals surface area contributed by atoms with Crippen molar-refractivity contribution in [3.63, 3.8) is 0 Å². The highest BCUT2D eigenvalue weighted by molar-refractivity contribution is 6.59. The van der Waals surface area contributed by atoms with E-state index in [-0.39, 0.29) is 11.3 Å². The molecule has 0 heterocycles. The van der Waals surface area contributed by atoms with Gasteiger partial charge in [0.2, 0.25) is 0 Å². The van der Waals surface area contributed by atoms with Crippen molar-refractivity contribution in [3.8, 4) is 11.8 Å². The molecule has 0 radical (unpaired) electrons. The van der Waals surface area contributed by atoms with Gasteiger partial charge in [-0.1, -0.05) is 39.8 Å². The van der Waals surface area contributed by atoms with Crippen LogP contribution in [-0.2, 0) is 4.79 Å². The van der Waals surface area contributed by atoms with Crippen molar-refractivity contribution >= 4 is 15.1 Å². The van der Waals surface area contributed by atoms with E-state index in [1.807, 2.05) is 27.7 Å². The van der Waals surface area contributed by atoms with Crippen molar-refractivity contribution in [2.75, 3.05) is 0 Å². The highest BCUT2D eigenvalue weighted by Crippen LogP contribution is 2.38. The van der Waals surface area contributed by atoms with Gasteiger partial charge in [0.15, 0.2) is 6.29 Å². The lowest BCUT2D eigenvalue weighted by Gasteiger charge is -2.46. The third kappa shape index (κ3) is 2.93. The molecule has 0 aliphatic carbocycles. The van der Waals surface area contributed by atoms with E-state index < -0.39 is 14.0 Å². The number of rotatable bonds is 2. The minimum Gasteiger partial charge on any atom is -0.392 e. The fraction of sp³-hybridized carbons (Fsp3) is 0.750. The largest absolute Gasteiger partial charge is 0.392 e. The molecule has 0 amide bonds. The molecular formula is C12H22O2Si. The zero-order valence-electron chi connectivity index (χ0n) is 10.6. The van der Waals surface area contributed by atoms with Gasteiger partial charge in [0.1, 0.15) is 0 Å². The molecule has 2 unspecified atom stereocenters. The number of carbonyl (C=O) groups is 1. The summed E-state index contributed by atoms with van der Waals surface area (Å²) in [7, 11) is -1.29. The van der Waals surface area contributed by atoms with Crippen molar-refractivity contribution in [1.82, 2.24) is 0 Å². The predicted octanol–water partition coefficient (Wildman–Crippen LogP) is 1.63. The van der Waals surface area contributed by atoms with Crippen LogP contribution in [0.15, 0.2) is 0 Å². The normalized spacial score (nSPS) is 17.6. The summed E-state index contributed by atoms with van der Waals surface area (Å²) in [6.07, 6.45) is 0.585. The minimum absolute atomic E-state index is 0.158. The van der Waals surface area contributed by atoms with E-state index in [2.05, 4.69) is 24.9 Å². The molecule has 0 saturated carbocycles. The van der Waals surface area contributed by atoms with E-state index in [1.165, 1.54) is 0 Å². The quantitative estimate of drug-likeness (QED) is 0.441. The van der Waals surface area contributed by atoms with Crippen LogP contribution in [0.1, 0.15) is 27.7 Å². The molecule has 0 aromatic heterocycles. The van der Waals surface area contributed by atoms with Gasteiger partial charge in [0.05, 0.1) is 14.0 Å². The average Bonchev–Trinajstić information content (AvgIpc) is 2.10. The van der Waals surface area contributed by atoms with Crippen molar-refractivity contribution < 1.29 is 9.90 Å². The van der Waals surface area contributed by atoms with Gasteiger partial charge in [-0.3, -0.25) is 4.79 Å².